The summed E-state index contributed by atoms with van der Waals surface area (Å²) < 4.78 is 0. The molecule has 150 valence electrons. The van der Waals surface area contributed by atoms with E-state index in [9.17, 15) is 15.0 Å². The number of benzene rings is 3. The van der Waals surface area contributed by atoms with Crippen LogP contribution in [0.5, 0.6) is 0 Å². The lowest BCUT2D eigenvalue weighted by Crippen LogP contribution is -2.35. The van der Waals surface area contributed by atoms with Crippen LogP contribution in [0.25, 0.3) is 22.3 Å². The number of carbonyl (C=O) groups is 1. The van der Waals surface area contributed by atoms with Crippen molar-refractivity contribution in [1.29, 1.82) is 0 Å². The molecule has 1 amide bonds. The highest BCUT2D eigenvalue weighted by Gasteiger charge is 2.15. The van der Waals surface area contributed by atoms with E-state index in [0.29, 0.717) is 11.3 Å². The van der Waals surface area contributed by atoms with Gasteiger partial charge >= 0.3 is 0 Å². The lowest BCUT2D eigenvalue weighted by Gasteiger charge is -2.16. The number of anilines is 1. The van der Waals surface area contributed by atoms with Crippen LogP contribution >= 0.6 is 0 Å². The van der Waals surface area contributed by atoms with Gasteiger partial charge in [-0.15, -0.1) is 0 Å². The van der Waals surface area contributed by atoms with Crippen LogP contribution in [0.4, 0.5) is 5.69 Å². The smallest absolute Gasteiger partial charge is 0.251 e. The van der Waals surface area contributed by atoms with Crippen LogP contribution in [0.1, 0.15) is 28.4 Å². The number of aryl methyl sites for hydroxylation is 1. The molecule has 0 saturated heterocycles. The number of hydrogen-bond acceptors (Lipinski definition) is 4. The Morgan fingerprint density at radius 1 is 1.00 bits per heavy atom. The molecule has 29 heavy (non-hydrogen) atoms. The summed E-state index contributed by atoms with van der Waals surface area (Å²) in [5.41, 5.74) is 12.5. The molecule has 3 aromatic carbocycles. The Hall–Kier alpha value is -3.15. The average Bonchev–Trinajstić information content (AvgIpc) is 2.73. The fourth-order valence-corrected chi connectivity index (χ4v) is 3.31. The van der Waals surface area contributed by atoms with Crippen LogP contribution in [0.3, 0.4) is 0 Å². The van der Waals surface area contributed by atoms with E-state index in [1.165, 1.54) is 0 Å². The van der Waals surface area contributed by atoms with E-state index >= 15 is 0 Å². The second-order valence-electron chi connectivity index (χ2n) is 7.26. The Morgan fingerprint density at radius 3 is 2.34 bits per heavy atom. The Bertz CT molecular complexity index is 1030. The van der Waals surface area contributed by atoms with Crippen molar-refractivity contribution in [2.24, 2.45) is 0 Å². The number of nitrogen functional groups attached to an aromatic ring is 1. The zero-order chi connectivity index (χ0) is 21.0. The lowest BCUT2D eigenvalue weighted by molar-refractivity contribution is 0.0922. The topological polar surface area (TPSA) is 95.6 Å². The highest BCUT2D eigenvalue weighted by molar-refractivity contribution is 5.98. The number of carbonyl (C=O) groups excluding carboxylic acids is 1. The third kappa shape index (κ3) is 4.65. The number of hydrogen-bond donors (Lipinski definition) is 4. The molecule has 5 N–H and O–H groups in total. The molecule has 5 nitrogen and oxygen atoms in total. The van der Waals surface area contributed by atoms with Gasteiger partial charge in [0.2, 0.25) is 0 Å². The summed E-state index contributed by atoms with van der Waals surface area (Å²) in [6, 6.07) is 18.6. The molecule has 5 heteroatoms. The van der Waals surface area contributed by atoms with Crippen molar-refractivity contribution in [1.82, 2.24) is 5.32 Å². The fourth-order valence-electron chi connectivity index (χ4n) is 3.31. The summed E-state index contributed by atoms with van der Waals surface area (Å²) in [6.07, 6.45) is 0. The molecular weight excluding hydrogens is 364 g/mol. The van der Waals surface area contributed by atoms with E-state index in [4.69, 9.17) is 5.73 Å². The number of rotatable bonds is 6. The van der Waals surface area contributed by atoms with Crippen molar-refractivity contribution in [2.75, 3.05) is 12.3 Å². The highest BCUT2D eigenvalue weighted by atomic mass is 16.3. The Balaban J connectivity index is 2.18. The first-order valence-electron chi connectivity index (χ1n) is 9.55. The Kier molecular flexibility index (Phi) is 6.32. The summed E-state index contributed by atoms with van der Waals surface area (Å²) in [4.78, 5) is 12.8. The molecule has 0 aliphatic carbocycles. The van der Waals surface area contributed by atoms with Gasteiger partial charge in [-0.3, -0.25) is 4.79 Å². The maximum atomic E-state index is 12.8. The molecule has 0 heterocycles. The maximum absolute atomic E-state index is 12.8. The van der Waals surface area contributed by atoms with Gasteiger partial charge in [-0.1, -0.05) is 36.4 Å². The van der Waals surface area contributed by atoms with Crippen molar-refractivity contribution < 1.29 is 15.0 Å². The van der Waals surface area contributed by atoms with Gasteiger partial charge in [0.15, 0.2) is 0 Å². The van der Waals surface area contributed by atoms with Gasteiger partial charge in [0.25, 0.3) is 5.91 Å². The molecule has 0 bridgehead atoms. The van der Waals surface area contributed by atoms with Gasteiger partial charge in [0.05, 0.1) is 13.2 Å². The molecule has 3 aromatic rings. The molecule has 0 spiro atoms. The SMILES string of the molecule is Cc1ccc(-c2cc(C(=O)N[C@@H](C)CO)cc(-c3ccccc3CO)c2)c(N)c1. The predicted octanol–water partition coefficient (Wildman–Crippen LogP) is 3.51. The summed E-state index contributed by atoms with van der Waals surface area (Å²) in [5, 5.41) is 21.8. The Labute approximate surface area is 170 Å². The molecule has 0 saturated carbocycles. The third-order valence-corrected chi connectivity index (χ3v) is 4.86. The molecule has 0 unspecified atom stereocenters. The summed E-state index contributed by atoms with van der Waals surface area (Å²) >= 11 is 0. The lowest BCUT2D eigenvalue weighted by atomic mass is 9.92. The van der Waals surface area contributed by atoms with E-state index in [0.717, 1.165) is 33.4 Å². The minimum atomic E-state index is -0.358. The number of aliphatic hydroxyl groups is 2. The van der Waals surface area contributed by atoms with Gasteiger partial charge in [0.1, 0.15) is 0 Å². The van der Waals surface area contributed by atoms with Crippen LogP contribution in [-0.2, 0) is 6.61 Å². The number of amides is 1. The predicted molar refractivity (Wildman–Crippen MR) is 116 cm³/mol. The number of aliphatic hydroxyl groups excluding tert-OH is 2. The summed E-state index contributed by atoms with van der Waals surface area (Å²) in [6.45, 7) is 3.47. The third-order valence-electron chi connectivity index (χ3n) is 4.86. The van der Waals surface area contributed by atoms with Gasteiger partial charge in [0, 0.05) is 22.9 Å². The van der Waals surface area contributed by atoms with E-state index < -0.39 is 0 Å². The van der Waals surface area contributed by atoms with Crippen molar-refractivity contribution in [2.45, 2.75) is 26.5 Å². The van der Waals surface area contributed by atoms with Gasteiger partial charge in [-0.25, -0.2) is 0 Å². The van der Waals surface area contributed by atoms with Crippen LogP contribution in [0.2, 0.25) is 0 Å². The average molecular weight is 390 g/mol. The van der Waals surface area contributed by atoms with Gasteiger partial charge in [-0.2, -0.15) is 0 Å². The number of nitrogens with two attached hydrogens (primary N) is 1. The molecule has 0 aliphatic rings. The van der Waals surface area contributed by atoms with Crippen LogP contribution in [0.15, 0.2) is 60.7 Å². The molecule has 3 rings (SSSR count). The molecule has 1 atom stereocenters. The van der Waals surface area contributed by atoms with Crippen molar-refractivity contribution >= 4 is 11.6 Å². The van der Waals surface area contributed by atoms with Gasteiger partial charge in [-0.05, 0) is 65.9 Å². The van der Waals surface area contributed by atoms with Crippen molar-refractivity contribution in [3.05, 3.63) is 77.4 Å². The zero-order valence-corrected chi connectivity index (χ0v) is 16.6. The second-order valence-corrected chi connectivity index (χ2v) is 7.26. The first-order chi connectivity index (χ1) is 13.9. The van der Waals surface area contributed by atoms with E-state index in [2.05, 4.69) is 5.32 Å². The summed E-state index contributed by atoms with van der Waals surface area (Å²) in [5.74, 6) is -0.276. The molecule has 0 radical (unpaired) electrons. The molecule has 0 aromatic heterocycles. The Morgan fingerprint density at radius 2 is 1.69 bits per heavy atom. The maximum Gasteiger partial charge on any atom is 0.251 e. The van der Waals surface area contributed by atoms with Crippen molar-refractivity contribution in [3.8, 4) is 22.3 Å². The summed E-state index contributed by atoms with van der Waals surface area (Å²) in [7, 11) is 0. The quantitative estimate of drug-likeness (QED) is 0.484. The van der Waals surface area contributed by atoms with E-state index in [-0.39, 0.29) is 25.2 Å². The standard InChI is InChI=1S/C24H26N2O3/c1-15-7-8-22(23(25)9-15)19-10-18(21-6-4-3-5-17(21)14-28)11-20(12-19)24(29)26-16(2)13-27/h3-12,16,27-28H,13-14,25H2,1-2H3,(H,26,29)/t16-/m0/s1. The molecule has 0 aliphatic heterocycles. The van der Waals surface area contributed by atoms with Crippen LogP contribution in [0, 0.1) is 6.92 Å². The first-order valence-corrected chi connectivity index (χ1v) is 9.55. The van der Waals surface area contributed by atoms with E-state index in [1.54, 1.807) is 19.1 Å². The normalized spacial score (nSPS) is 11.9. The molecule has 0 fully saturated rings. The highest BCUT2D eigenvalue weighted by Crippen LogP contribution is 2.33. The largest absolute Gasteiger partial charge is 0.398 e. The minimum absolute atomic E-state index is 0.101. The minimum Gasteiger partial charge on any atom is -0.398 e. The fraction of sp³-hybridized carbons (Fsp3) is 0.208. The monoisotopic (exact) mass is 390 g/mol. The number of nitrogens with one attached hydrogen (secondary N) is 1. The van der Waals surface area contributed by atoms with Crippen LogP contribution < -0.4 is 11.1 Å². The van der Waals surface area contributed by atoms with Crippen molar-refractivity contribution in [3.63, 3.8) is 0 Å². The van der Waals surface area contributed by atoms with Gasteiger partial charge < -0.3 is 21.3 Å². The van der Waals surface area contributed by atoms with Crippen LogP contribution in [-0.4, -0.2) is 28.8 Å². The van der Waals surface area contributed by atoms with E-state index in [1.807, 2.05) is 55.5 Å². The second kappa shape index (κ2) is 8.90. The first kappa shape index (κ1) is 20.6. The zero-order valence-electron chi connectivity index (χ0n) is 16.6. The molecular formula is C24H26N2O3.